The molecule has 1 aromatic rings. The molecule has 0 aliphatic rings. The highest BCUT2D eigenvalue weighted by atomic mass is 32.2. The first kappa shape index (κ1) is 15.1. The van der Waals surface area contributed by atoms with Crippen LogP contribution in [0.3, 0.4) is 0 Å². The van der Waals surface area contributed by atoms with Crippen molar-refractivity contribution in [1.29, 1.82) is 0 Å². The molecule has 6 nitrogen and oxygen atoms in total. The highest BCUT2D eigenvalue weighted by Crippen LogP contribution is 2.23. The van der Waals surface area contributed by atoms with Crippen molar-refractivity contribution in [3.05, 3.63) is 36.4 Å². The largest absolute Gasteiger partial charge is 0.538 e. The quantitative estimate of drug-likeness (QED) is 0.520. The van der Waals surface area contributed by atoms with E-state index in [0.717, 1.165) is 0 Å². The summed E-state index contributed by atoms with van der Waals surface area (Å²) in [6.45, 7) is 3.47. The summed E-state index contributed by atoms with van der Waals surface area (Å²) in [4.78, 5) is 10.9. The van der Waals surface area contributed by atoms with Gasteiger partial charge in [0, 0.05) is 0 Å². The van der Waals surface area contributed by atoms with Crippen LogP contribution in [-0.2, 0) is 14.9 Å². The standard InChI is InChI=1S/C10H8F2O6S/c1-2-7-3-5-8(6-4-7)17-9(13)18-10(11,12)19(14,15)16/h2-6H,1H2,(H,14,15,16). The van der Waals surface area contributed by atoms with Crippen molar-refractivity contribution in [2.75, 3.05) is 0 Å². The number of hydrogen-bond acceptors (Lipinski definition) is 5. The molecule has 9 heteroatoms. The predicted octanol–water partition coefficient (Wildman–Crippen LogP) is 2.28. The van der Waals surface area contributed by atoms with Gasteiger partial charge in [-0.1, -0.05) is 24.8 Å². The fraction of sp³-hybridized carbons (Fsp3) is 0.100. The summed E-state index contributed by atoms with van der Waals surface area (Å²) in [5.41, 5.74) is -4.39. The minimum atomic E-state index is -5.87. The van der Waals surface area contributed by atoms with Gasteiger partial charge in [0.05, 0.1) is 0 Å². The van der Waals surface area contributed by atoms with Crippen LogP contribution in [0.4, 0.5) is 13.6 Å². The van der Waals surface area contributed by atoms with Gasteiger partial charge in [0.25, 0.3) is 0 Å². The van der Waals surface area contributed by atoms with Crippen LogP contribution in [0.1, 0.15) is 5.56 Å². The lowest BCUT2D eigenvalue weighted by atomic mass is 10.2. The van der Waals surface area contributed by atoms with E-state index in [1.165, 1.54) is 30.3 Å². The van der Waals surface area contributed by atoms with Crippen LogP contribution in [-0.4, -0.2) is 24.6 Å². The van der Waals surface area contributed by atoms with E-state index in [2.05, 4.69) is 16.1 Å². The first-order valence-corrected chi connectivity index (χ1v) is 6.08. The van der Waals surface area contributed by atoms with Crippen molar-refractivity contribution >= 4 is 22.3 Å². The van der Waals surface area contributed by atoms with Crippen LogP contribution >= 0.6 is 0 Å². The van der Waals surface area contributed by atoms with Gasteiger partial charge in [-0.2, -0.15) is 8.42 Å². The predicted molar refractivity (Wildman–Crippen MR) is 60.1 cm³/mol. The second-order valence-corrected chi connectivity index (χ2v) is 4.59. The topological polar surface area (TPSA) is 89.9 Å². The van der Waals surface area contributed by atoms with Crippen LogP contribution < -0.4 is 4.74 Å². The lowest BCUT2D eigenvalue weighted by Gasteiger charge is -2.12. The third-order valence-corrected chi connectivity index (χ3v) is 2.50. The van der Waals surface area contributed by atoms with Crippen LogP contribution in [0.15, 0.2) is 30.8 Å². The molecule has 0 aliphatic heterocycles. The Morgan fingerprint density at radius 3 is 2.26 bits per heavy atom. The van der Waals surface area contributed by atoms with Crippen LogP contribution in [0.2, 0.25) is 0 Å². The molecule has 0 saturated heterocycles. The molecular formula is C10H8F2O6S. The molecule has 0 heterocycles. The Balaban J connectivity index is 2.73. The van der Waals surface area contributed by atoms with Gasteiger partial charge in [-0.05, 0) is 17.7 Å². The summed E-state index contributed by atoms with van der Waals surface area (Å²) in [5, 5.41) is 0. The Hall–Kier alpha value is -2.00. The van der Waals surface area contributed by atoms with Gasteiger partial charge in [-0.3, -0.25) is 4.55 Å². The number of carbonyl (C=O) groups is 1. The fourth-order valence-electron chi connectivity index (χ4n) is 0.939. The van der Waals surface area contributed by atoms with Crippen LogP contribution in [0.25, 0.3) is 6.08 Å². The lowest BCUT2D eigenvalue weighted by molar-refractivity contribution is -0.141. The summed E-state index contributed by atoms with van der Waals surface area (Å²) >= 11 is 0. The maximum Gasteiger partial charge on any atom is 0.538 e. The first-order valence-electron chi connectivity index (χ1n) is 4.64. The molecule has 0 bridgehead atoms. The average molecular weight is 294 g/mol. The van der Waals surface area contributed by atoms with Gasteiger partial charge in [0.1, 0.15) is 5.75 Å². The van der Waals surface area contributed by atoms with Crippen LogP contribution in [0.5, 0.6) is 5.75 Å². The van der Waals surface area contributed by atoms with Gasteiger partial charge in [0.15, 0.2) is 0 Å². The summed E-state index contributed by atoms with van der Waals surface area (Å²) < 4.78 is 61.2. The molecule has 0 amide bonds. The normalized spacial score (nSPS) is 11.7. The average Bonchev–Trinajstić information content (AvgIpc) is 2.27. The van der Waals surface area contributed by atoms with Crippen molar-refractivity contribution in [3.8, 4) is 5.75 Å². The second-order valence-electron chi connectivity index (χ2n) is 3.17. The number of halogens is 2. The van der Waals surface area contributed by atoms with E-state index < -0.39 is 21.7 Å². The Kier molecular flexibility index (Phi) is 4.22. The van der Waals surface area contributed by atoms with E-state index in [1.54, 1.807) is 0 Å². The maximum atomic E-state index is 12.6. The molecule has 0 unspecified atom stereocenters. The minimum Gasteiger partial charge on any atom is -0.395 e. The van der Waals surface area contributed by atoms with Gasteiger partial charge in [-0.15, -0.1) is 8.78 Å². The SMILES string of the molecule is C=Cc1ccc(OC(=O)OC(F)(F)S(=O)(=O)O)cc1. The van der Waals surface area contributed by atoms with E-state index in [-0.39, 0.29) is 5.75 Å². The van der Waals surface area contributed by atoms with E-state index in [1.807, 2.05) is 0 Å². The summed E-state index contributed by atoms with van der Waals surface area (Å²) in [5.74, 6) is -0.151. The molecule has 1 N–H and O–H groups in total. The zero-order valence-corrected chi connectivity index (χ0v) is 10.1. The highest BCUT2D eigenvalue weighted by Gasteiger charge is 2.50. The van der Waals surface area contributed by atoms with Gasteiger partial charge in [0.2, 0.25) is 0 Å². The molecule has 1 aromatic carbocycles. The molecule has 19 heavy (non-hydrogen) atoms. The molecule has 0 atom stereocenters. The molecule has 0 aliphatic carbocycles. The number of rotatable bonds is 4. The lowest BCUT2D eigenvalue weighted by Crippen LogP contribution is -2.35. The molecule has 104 valence electrons. The van der Waals surface area contributed by atoms with Gasteiger partial charge < -0.3 is 9.47 Å². The third-order valence-electron chi connectivity index (χ3n) is 1.82. The highest BCUT2D eigenvalue weighted by molar-refractivity contribution is 7.86. The second kappa shape index (κ2) is 5.33. The van der Waals surface area contributed by atoms with E-state index >= 15 is 0 Å². The zero-order valence-electron chi connectivity index (χ0n) is 9.25. The van der Waals surface area contributed by atoms with Crippen molar-refractivity contribution < 1.29 is 36.0 Å². The molecule has 0 radical (unpaired) electrons. The number of ether oxygens (including phenoxy) is 2. The van der Waals surface area contributed by atoms with E-state index in [0.29, 0.717) is 5.56 Å². The smallest absolute Gasteiger partial charge is 0.395 e. The Morgan fingerprint density at radius 1 is 1.32 bits per heavy atom. The molecule has 0 spiro atoms. The fourth-order valence-corrected chi connectivity index (χ4v) is 1.11. The van der Waals surface area contributed by atoms with Gasteiger partial charge >= 0.3 is 21.7 Å². The number of benzene rings is 1. The molecular weight excluding hydrogens is 286 g/mol. The number of alkyl halides is 2. The van der Waals surface area contributed by atoms with Crippen LogP contribution in [0, 0.1) is 0 Å². The van der Waals surface area contributed by atoms with E-state index in [4.69, 9.17) is 4.55 Å². The van der Waals surface area contributed by atoms with Crippen molar-refractivity contribution in [2.24, 2.45) is 0 Å². The van der Waals surface area contributed by atoms with E-state index in [9.17, 15) is 22.0 Å². The Bertz CT molecular complexity index is 579. The molecule has 0 saturated carbocycles. The summed E-state index contributed by atoms with van der Waals surface area (Å²) in [6, 6.07) is 5.45. The minimum absolute atomic E-state index is 0.151. The maximum absolute atomic E-state index is 12.6. The monoisotopic (exact) mass is 294 g/mol. The van der Waals surface area contributed by atoms with Crippen molar-refractivity contribution in [2.45, 2.75) is 5.44 Å². The summed E-state index contributed by atoms with van der Waals surface area (Å²) in [7, 11) is -5.87. The first-order chi connectivity index (χ1) is 8.65. The molecule has 1 rings (SSSR count). The van der Waals surface area contributed by atoms with Crippen molar-refractivity contribution in [3.63, 3.8) is 0 Å². The number of hydrogen-bond donors (Lipinski definition) is 1. The molecule has 0 aromatic heterocycles. The molecule has 0 fully saturated rings. The Labute approximate surface area is 107 Å². The third kappa shape index (κ3) is 4.00. The summed E-state index contributed by atoms with van der Waals surface area (Å²) in [6.07, 6.45) is -0.483. The number of carbonyl (C=O) groups excluding carboxylic acids is 1. The zero-order chi connectivity index (χ0) is 14.7. The Morgan fingerprint density at radius 2 is 1.84 bits per heavy atom. The van der Waals surface area contributed by atoms with Gasteiger partial charge in [-0.25, -0.2) is 4.79 Å². The van der Waals surface area contributed by atoms with Crippen molar-refractivity contribution in [1.82, 2.24) is 0 Å².